The minimum Gasteiger partial charge on any atom is -0.422 e. The van der Waals surface area contributed by atoms with Crippen LogP contribution in [-0.4, -0.2) is 15.6 Å². The van der Waals surface area contributed by atoms with Crippen LogP contribution in [0.5, 0.6) is 0 Å². The van der Waals surface area contributed by atoms with E-state index in [-0.39, 0.29) is 17.0 Å². The average Bonchev–Trinajstić information content (AvgIpc) is 2.65. The highest BCUT2D eigenvalue weighted by Crippen LogP contribution is 2.29. The SMILES string of the molecule is C/C(=N/Nc1ccc([N+](=O)[O-])cc1[N+](=O)[O-])c1cc2cc(Cl)ccc2oc1=O. The fourth-order valence-electron chi connectivity index (χ4n) is 2.43. The minimum atomic E-state index is -0.771. The second-order valence-corrected chi connectivity index (χ2v) is 6.09. The van der Waals surface area contributed by atoms with Crippen molar-refractivity contribution in [1.29, 1.82) is 0 Å². The minimum absolute atomic E-state index is 0.0665. The zero-order valence-electron chi connectivity index (χ0n) is 14.2. The summed E-state index contributed by atoms with van der Waals surface area (Å²) >= 11 is 5.94. The number of nitro benzene ring substituents is 2. The number of nitro groups is 2. The van der Waals surface area contributed by atoms with Crippen molar-refractivity contribution in [2.45, 2.75) is 6.92 Å². The van der Waals surface area contributed by atoms with Gasteiger partial charge in [-0.05, 0) is 37.3 Å². The summed E-state index contributed by atoms with van der Waals surface area (Å²) in [4.78, 5) is 32.6. The molecule has 0 spiro atoms. The molecule has 11 heteroatoms. The highest BCUT2D eigenvalue weighted by atomic mass is 35.5. The van der Waals surface area contributed by atoms with E-state index in [2.05, 4.69) is 10.5 Å². The van der Waals surface area contributed by atoms with E-state index in [1.807, 2.05) is 0 Å². The molecule has 0 aliphatic carbocycles. The molecular formula is C17H11ClN4O6. The monoisotopic (exact) mass is 402 g/mol. The van der Waals surface area contributed by atoms with Gasteiger partial charge in [0.05, 0.1) is 27.2 Å². The largest absolute Gasteiger partial charge is 0.422 e. The number of halogens is 1. The standard InChI is InChI=1S/C17H11ClN4O6/c1-9(13-7-10-6-11(18)2-5-16(10)28-17(13)23)19-20-14-4-3-12(21(24)25)8-15(14)22(26)27/h2-8,20H,1H3/b19-9-. The molecule has 3 rings (SSSR count). The number of hydrazone groups is 1. The van der Waals surface area contributed by atoms with Gasteiger partial charge < -0.3 is 4.42 Å². The maximum absolute atomic E-state index is 12.2. The molecule has 10 nitrogen and oxygen atoms in total. The van der Waals surface area contributed by atoms with Gasteiger partial charge >= 0.3 is 11.3 Å². The topological polar surface area (TPSA) is 141 Å². The van der Waals surface area contributed by atoms with Crippen molar-refractivity contribution in [2.24, 2.45) is 5.10 Å². The number of fused-ring (bicyclic) bond motifs is 1. The van der Waals surface area contributed by atoms with E-state index in [0.29, 0.717) is 16.0 Å². The highest BCUT2D eigenvalue weighted by Gasteiger charge is 2.19. The molecule has 0 saturated heterocycles. The quantitative estimate of drug-likeness (QED) is 0.293. The van der Waals surface area contributed by atoms with Gasteiger partial charge in [-0.2, -0.15) is 5.10 Å². The highest BCUT2D eigenvalue weighted by molar-refractivity contribution is 6.31. The first-order valence-electron chi connectivity index (χ1n) is 7.73. The van der Waals surface area contributed by atoms with E-state index in [1.54, 1.807) is 18.2 Å². The van der Waals surface area contributed by atoms with Gasteiger partial charge in [-0.1, -0.05) is 11.6 Å². The number of benzene rings is 2. The molecule has 0 saturated carbocycles. The van der Waals surface area contributed by atoms with E-state index in [4.69, 9.17) is 16.0 Å². The van der Waals surface area contributed by atoms with Gasteiger partial charge in [-0.25, -0.2) is 4.79 Å². The van der Waals surface area contributed by atoms with Gasteiger partial charge in [0.1, 0.15) is 11.3 Å². The number of non-ortho nitro benzene ring substituents is 1. The lowest BCUT2D eigenvalue weighted by molar-refractivity contribution is -0.393. The van der Waals surface area contributed by atoms with E-state index in [0.717, 1.165) is 18.2 Å². The van der Waals surface area contributed by atoms with E-state index in [9.17, 15) is 25.0 Å². The first-order valence-corrected chi connectivity index (χ1v) is 8.11. The summed E-state index contributed by atoms with van der Waals surface area (Å²) in [5.41, 5.74) is 1.48. The Balaban J connectivity index is 1.98. The van der Waals surface area contributed by atoms with Gasteiger partial charge in [0.15, 0.2) is 0 Å². The van der Waals surface area contributed by atoms with Gasteiger partial charge in [0, 0.05) is 16.5 Å². The first kappa shape index (κ1) is 19.0. The molecule has 28 heavy (non-hydrogen) atoms. The van der Waals surface area contributed by atoms with Crippen molar-refractivity contribution in [2.75, 3.05) is 5.43 Å². The second-order valence-electron chi connectivity index (χ2n) is 5.65. The molecule has 0 unspecified atom stereocenters. The molecule has 0 aliphatic rings. The van der Waals surface area contributed by atoms with Crippen LogP contribution in [0.25, 0.3) is 11.0 Å². The Hall–Kier alpha value is -3.79. The first-order chi connectivity index (χ1) is 13.3. The summed E-state index contributed by atoms with van der Waals surface area (Å²) in [6.07, 6.45) is 0. The van der Waals surface area contributed by atoms with Crippen LogP contribution >= 0.6 is 11.6 Å². The summed E-state index contributed by atoms with van der Waals surface area (Å²) < 4.78 is 5.22. The molecule has 0 atom stereocenters. The molecule has 2 aromatic carbocycles. The van der Waals surface area contributed by atoms with Crippen LogP contribution in [-0.2, 0) is 0 Å². The maximum Gasteiger partial charge on any atom is 0.345 e. The molecular weight excluding hydrogens is 392 g/mol. The molecule has 0 bridgehead atoms. The van der Waals surface area contributed by atoms with Crippen molar-refractivity contribution >= 4 is 45.3 Å². The van der Waals surface area contributed by atoms with E-state index in [1.165, 1.54) is 13.0 Å². The molecule has 1 N–H and O–H groups in total. The fraction of sp³-hybridized carbons (Fsp3) is 0.0588. The smallest absolute Gasteiger partial charge is 0.345 e. The molecule has 0 radical (unpaired) electrons. The molecule has 0 aliphatic heterocycles. The van der Waals surface area contributed by atoms with Crippen LogP contribution < -0.4 is 11.1 Å². The molecule has 0 fully saturated rings. The summed E-state index contributed by atoms with van der Waals surface area (Å²) in [6.45, 7) is 1.51. The Bertz CT molecular complexity index is 1200. The Labute approximate surface area is 161 Å². The van der Waals surface area contributed by atoms with Crippen LogP contribution in [0, 0.1) is 20.2 Å². The summed E-state index contributed by atoms with van der Waals surface area (Å²) in [5, 5.41) is 27.0. The van der Waals surface area contributed by atoms with E-state index >= 15 is 0 Å². The Morgan fingerprint density at radius 2 is 1.86 bits per heavy atom. The Morgan fingerprint density at radius 3 is 2.54 bits per heavy atom. The number of rotatable bonds is 5. The zero-order chi connectivity index (χ0) is 20.4. The van der Waals surface area contributed by atoms with E-state index < -0.39 is 26.8 Å². The number of hydrogen-bond donors (Lipinski definition) is 1. The fourth-order valence-corrected chi connectivity index (χ4v) is 2.61. The maximum atomic E-state index is 12.2. The lowest BCUT2D eigenvalue weighted by Crippen LogP contribution is -2.13. The molecule has 0 amide bonds. The molecule has 1 aromatic heterocycles. The van der Waals surface area contributed by atoms with Crippen molar-refractivity contribution in [3.05, 3.63) is 83.7 Å². The summed E-state index contributed by atoms with van der Waals surface area (Å²) in [5.74, 6) is 0. The van der Waals surface area contributed by atoms with Gasteiger partial charge in [0.2, 0.25) is 0 Å². The van der Waals surface area contributed by atoms with Crippen molar-refractivity contribution in [1.82, 2.24) is 0 Å². The molecule has 1 heterocycles. The van der Waals surface area contributed by atoms with Gasteiger partial charge in [-0.15, -0.1) is 0 Å². The molecule has 3 aromatic rings. The third-order valence-corrected chi connectivity index (χ3v) is 4.05. The number of nitrogens with one attached hydrogen (secondary N) is 1. The lowest BCUT2D eigenvalue weighted by atomic mass is 10.1. The number of hydrogen-bond acceptors (Lipinski definition) is 8. The van der Waals surface area contributed by atoms with Crippen LogP contribution in [0.4, 0.5) is 17.1 Å². The van der Waals surface area contributed by atoms with Gasteiger partial charge in [-0.3, -0.25) is 25.7 Å². The Kier molecular flexibility index (Phi) is 5.05. The summed E-state index contributed by atoms with van der Waals surface area (Å²) in [7, 11) is 0. The van der Waals surface area contributed by atoms with Crippen LogP contribution in [0.15, 0.2) is 56.8 Å². The lowest BCUT2D eigenvalue weighted by Gasteiger charge is -2.05. The third kappa shape index (κ3) is 3.81. The summed E-state index contributed by atoms with van der Waals surface area (Å²) in [6, 6.07) is 9.39. The molecule has 142 valence electrons. The van der Waals surface area contributed by atoms with Gasteiger partial charge in [0.25, 0.3) is 5.69 Å². The number of nitrogens with zero attached hydrogens (tertiary/aromatic N) is 3. The van der Waals surface area contributed by atoms with Crippen LogP contribution in [0.2, 0.25) is 5.02 Å². The van der Waals surface area contributed by atoms with Crippen molar-refractivity contribution in [3.63, 3.8) is 0 Å². The normalized spacial score (nSPS) is 11.4. The zero-order valence-corrected chi connectivity index (χ0v) is 15.0. The Morgan fingerprint density at radius 1 is 1.11 bits per heavy atom. The average molecular weight is 403 g/mol. The third-order valence-electron chi connectivity index (χ3n) is 3.82. The second kappa shape index (κ2) is 7.45. The van der Waals surface area contributed by atoms with Crippen LogP contribution in [0.3, 0.4) is 0 Å². The van der Waals surface area contributed by atoms with Crippen molar-refractivity contribution < 1.29 is 14.3 Å². The predicted octanol–water partition coefficient (Wildman–Crippen LogP) is 4.10. The van der Waals surface area contributed by atoms with Crippen LogP contribution in [0.1, 0.15) is 12.5 Å². The van der Waals surface area contributed by atoms with Crippen molar-refractivity contribution in [3.8, 4) is 0 Å². The number of anilines is 1. The predicted molar refractivity (Wildman–Crippen MR) is 103 cm³/mol.